The fourth-order valence-electron chi connectivity index (χ4n) is 2.20. The number of imidazole rings is 1. The van der Waals surface area contributed by atoms with Gasteiger partial charge in [-0.25, -0.2) is 4.98 Å². The molecule has 2 heterocycles. The summed E-state index contributed by atoms with van der Waals surface area (Å²) in [7, 11) is 0. The van der Waals surface area contributed by atoms with Gasteiger partial charge in [-0.3, -0.25) is 4.99 Å². The molecule has 2 aromatic rings. The molecular formula is C16H26IN5S. The Morgan fingerprint density at radius 2 is 2.26 bits per heavy atom. The highest BCUT2D eigenvalue weighted by Gasteiger charge is 2.07. The summed E-state index contributed by atoms with van der Waals surface area (Å²) in [5, 5.41) is 6.78. The number of nitrogens with zero attached hydrogens (tertiary/aromatic N) is 3. The highest BCUT2D eigenvalue weighted by atomic mass is 127. The van der Waals surface area contributed by atoms with Gasteiger partial charge >= 0.3 is 0 Å². The third-order valence-corrected chi connectivity index (χ3v) is 4.24. The van der Waals surface area contributed by atoms with Crippen LogP contribution in [0.1, 0.15) is 23.6 Å². The lowest BCUT2D eigenvalue weighted by molar-refractivity contribution is 0.638. The lowest BCUT2D eigenvalue weighted by atomic mass is 10.2. The van der Waals surface area contributed by atoms with E-state index in [0.717, 1.165) is 32.0 Å². The van der Waals surface area contributed by atoms with E-state index >= 15 is 0 Å². The Bertz CT molecular complexity index is 579. The summed E-state index contributed by atoms with van der Waals surface area (Å²) in [4.78, 5) is 11.4. The molecule has 0 spiro atoms. The van der Waals surface area contributed by atoms with Crippen LogP contribution in [0, 0.1) is 6.92 Å². The van der Waals surface area contributed by atoms with E-state index in [-0.39, 0.29) is 24.0 Å². The highest BCUT2D eigenvalue weighted by molar-refractivity contribution is 14.0. The Balaban J connectivity index is 0.00000264. The van der Waals surface area contributed by atoms with E-state index in [1.54, 1.807) is 6.20 Å². The van der Waals surface area contributed by atoms with Gasteiger partial charge in [0.1, 0.15) is 0 Å². The quantitative estimate of drug-likeness (QED) is 0.390. The first-order chi connectivity index (χ1) is 10.7. The van der Waals surface area contributed by atoms with Crippen molar-refractivity contribution >= 4 is 41.3 Å². The Morgan fingerprint density at radius 3 is 2.87 bits per heavy atom. The SMILES string of the molecule is CCNC(=NCCn1ccnc1)NC(C)Cc1ccc(C)s1.I. The molecule has 0 aliphatic heterocycles. The summed E-state index contributed by atoms with van der Waals surface area (Å²) in [5.41, 5.74) is 0. The number of thiophene rings is 1. The average Bonchev–Trinajstić information content (AvgIpc) is 3.11. The van der Waals surface area contributed by atoms with Gasteiger partial charge in [-0.1, -0.05) is 0 Å². The number of hydrogen-bond acceptors (Lipinski definition) is 3. The lowest BCUT2D eigenvalue weighted by Gasteiger charge is -2.17. The normalized spacial score (nSPS) is 12.6. The average molecular weight is 447 g/mol. The van der Waals surface area contributed by atoms with Crippen LogP contribution in [-0.2, 0) is 13.0 Å². The van der Waals surface area contributed by atoms with Crippen LogP contribution < -0.4 is 10.6 Å². The van der Waals surface area contributed by atoms with Crippen molar-refractivity contribution in [2.45, 2.75) is 39.8 Å². The maximum absolute atomic E-state index is 4.62. The first-order valence-corrected chi connectivity index (χ1v) is 8.55. The van der Waals surface area contributed by atoms with Crippen LogP contribution in [0.3, 0.4) is 0 Å². The third-order valence-electron chi connectivity index (χ3n) is 3.22. The zero-order valence-corrected chi connectivity index (χ0v) is 17.1. The molecule has 128 valence electrons. The molecule has 23 heavy (non-hydrogen) atoms. The molecule has 0 saturated heterocycles. The number of rotatable bonds is 7. The van der Waals surface area contributed by atoms with E-state index in [4.69, 9.17) is 0 Å². The lowest BCUT2D eigenvalue weighted by Crippen LogP contribution is -2.43. The fourth-order valence-corrected chi connectivity index (χ4v) is 3.22. The van der Waals surface area contributed by atoms with Crippen molar-refractivity contribution in [1.29, 1.82) is 0 Å². The van der Waals surface area contributed by atoms with Crippen LogP contribution in [0.15, 0.2) is 35.8 Å². The number of aliphatic imine (C=N–C) groups is 1. The summed E-state index contributed by atoms with van der Waals surface area (Å²) in [6, 6.07) is 4.74. The first-order valence-electron chi connectivity index (χ1n) is 7.73. The standard InChI is InChI=1S/C16H25N5S.HI/c1-4-18-16(19-8-10-21-9-7-17-12-21)20-13(2)11-15-6-5-14(3)22-15;/h5-7,9,12-13H,4,8,10-11H2,1-3H3,(H2,18,19,20);1H. The van der Waals surface area contributed by atoms with E-state index in [9.17, 15) is 0 Å². The summed E-state index contributed by atoms with van der Waals surface area (Å²) >= 11 is 1.86. The number of nitrogens with one attached hydrogen (secondary N) is 2. The first kappa shape index (κ1) is 20.0. The molecule has 7 heteroatoms. The Labute approximate surface area is 159 Å². The number of guanidine groups is 1. The largest absolute Gasteiger partial charge is 0.357 e. The van der Waals surface area contributed by atoms with Gasteiger partial charge in [0.25, 0.3) is 0 Å². The molecule has 5 nitrogen and oxygen atoms in total. The highest BCUT2D eigenvalue weighted by Crippen LogP contribution is 2.16. The number of hydrogen-bond donors (Lipinski definition) is 2. The monoisotopic (exact) mass is 447 g/mol. The topological polar surface area (TPSA) is 54.2 Å². The van der Waals surface area contributed by atoms with Gasteiger partial charge < -0.3 is 15.2 Å². The Morgan fingerprint density at radius 1 is 1.43 bits per heavy atom. The minimum atomic E-state index is 0. The van der Waals surface area contributed by atoms with E-state index in [2.05, 4.69) is 53.5 Å². The zero-order valence-electron chi connectivity index (χ0n) is 14.0. The van der Waals surface area contributed by atoms with Crippen LogP contribution in [0.25, 0.3) is 0 Å². The smallest absolute Gasteiger partial charge is 0.191 e. The van der Waals surface area contributed by atoms with Gasteiger partial charge in [0, 0.05) is 47.7 Å². The molecule has 0 bridgehead atoms. The molecule has 1 atom stereocenters. The Kier molecular flexibility index (Phi) is 9.23. The second-order valence-electron chi connectivity index (χ2n) is 5.32. The third kappa shape index (κ3) is 7.34. The fraction of sp³-hybridized carbons (Fsp3) is 0.500. The van der Waals surface area contributed by atoms with Crippen molar-refractivity contribution in [2.24, 2.45) is 4.99 Å². The predicted octanol–water partition coefficient (Wildman–Crippen LogP) is 3.06. The van der Waals surface area contributed by atoms with Crippen molar-refractivity contribution in [1.82, 2.24) is 20.2 Å². The molecular weight excluding hydrogens is 421 g/mol. The van der Waals surface area contributed by atoms with Crippen LogP contribution >= 0.6 is 35.3 Å². The zero-order chi connectivity index (χ0) is 15.8. The van der Waals surface area contributed by atoms with E-state index in [1.807, 2.05) is 28.4 Å². The van der Waals surface area contributed by atoms with Crippen LogP contribution in [0.2, 0.25) is 0 Å². The van der Waals surface area contributed by atoms with Crippen molar-refractivity contribution in [3.05, 3.63) is 40.6 Å². The second-order valence-corrected chi connectivity index (χ2v) is 6.70. The van der Waals surface area contributed by atoms with Crippen LogP contribution in [0.5, 0.6) is 0 Å². The summed E-state index contributed by atoms with van der Waals surface area (Å²) in [6.45, 7) is 8.86. The predicted molar refractivity (Wildman–Crippen MR) is 109 cm³/mol. The summed E-state index contributed by atoms with van der Waals surface area (Å²) < 4.78 is 2.03. The van der Waals surface area contributed by atoms with E-state index in [1.165, 1.54) is 9.75 Å². The molecule has 0 aromatic carbocycles. The van der Waals surface area contributed by atoms with Gasteiger partial charge in [0.2, 0.25) is 0 Å². The molecule has 2 N–H and O–H groups in total. The molecule has 2 rings (SSSR count). The van der Waals surface area contributed by atoms with Crippen LogP contribution in [-0.4, -0.2) is 34.6 Å². The van der Waals surface area contributed by atoms with Gasteiger partial charge in [-0.05, 0) is 32.9 Å². The molecule has 0 aliphatic rings. The molecule has 2 aromatic heterocycles. The number of aromatic nitrogens is 2. The molecule has 0 radical (unpaired) electrons. The van der Waals surface area contributed by atoms with E-state index in [0.29, 0.717) is 6.04 Å². The van der Waals surface area contributed by atoms with Crippen molar-refractivity contribution in [3.8, 4) is 0 Å². The maximum atomic E-state index is 4.62. The minimum Gasteiger partial charge on any atom is -0.357 e. The summed E-state index contributed by atoms with van der Waals surface area (Å²) in [5.74, 6) is 0.878. The molecule has 0 amide bonds. The van der Waals surface area contributed by atoms with Crippen molar-refractivity contribution in [2.75, 3.05) is 13.1 Å². The van der Waals surface area contributed by atoms with Gasteiger partial charge in [-0.15, -0.1) is 35.3 Å². The van der Waals surface area contributed by atoms with Crippen molar-refractivity contribution in [3.63, 3.8) is 0 Å². The minimum absolute atomic E-state index is 0. The van der Waals surface area contributed by atoms with E-state index < -0.39 is 0 Å². The van der Waals surface area contributed by atoms with Crippen molar-refractivity contribution < 1.29 is 0 Å². The maximum Gasteiger partial charge on any atom is 0.191 e. The van der Waals surface area contributed by atoms with Gasteiger partial charge in [0.05, 0.1) is 12.9 Å². The van der Waals surface area contributed by atoms with Gasteiger partial charge in [0.15, 0.2) is 5.96 Å². The number of aryl methyl sites for hydroxylation is 1. The molecule has 0 fully saturated rings. The molecule has 1 unspecified atom stereocenters. The molecule has 0 aliphatic carbocycles. The Hall–Kier alpha value is -1.09. The molecule has 0 saturated carbocycles. The second kappa shape index (κ2) is 10.6. The van der Waals surface area contributed by atoms with Crippen LogP contribution in [0.4, 0.5) is 0 Å². The number of halogens is 1. The summed E-state index contributed by atoms with van der Waals surface area (Å²) in [6.07, 6.45) is 6.58. The van der Waals surface area contributed by atoms with Gasteiger partial charge in [-0.2, -0.15) is 0 Å².